The van der Waals surface area contributed by atoms with E-state index in [1.54, 1.807) is 0 Å². The van der Waals surface area contributed by atoms with Crippen molar-refractivity contribution in [3.05, 3.63) is 156 Å². The van der Waals surface area contributed by atoms with Gasteiger partial charge in [0, 0.05) is 34.1 Å². The monoisotopic (exact) mass is 944 g/mol. The fraction of sp³-hybridized carbons (Fsp3) is 0.302. The minimum Gasteiger partial charge on any atom is -0.509 e. The van der Waals surface area contributed by atoms with Gasteiger partial charge in [0.15, 0.2) is 0 Å². The predicted molar refractivity (Wildman–Crippen MR) is 240 cm³/mol. The number of nitrogens with zero attached hydrogens (tertiary/aromatic N) is 3. The summed E-state index contributed by atoms with van der Waals surface area (Å²) in [4.78, 5) is 4.51. The van der Waals surface area contributed by atoms with Crippen LogP contribution in [0, 0.1) is 24.9 Å². The van der Waals surface area contributed by atoms with E-state index in [-0.39, 0.29) is 42.7 Å². The maximum atomic E-state index is 6.65. The Hall–Kier alpha value is -4.79. The molecule has 0 saturated carbocycles. The molecule has 0 saturated heterocycles. The van der Waals surface area contributed by atoms with E-state index in [1.165, 1.54) is 27.6 Å². The molecule has 0 atom stereocenters. The average Bonchev–Trinajstić information content (AvgIpc) is 3.69. The van der Waals surface area contributed by atoms with E-state index >= 15 is 0 Å². The summed E-state index contributed by atoms with van der Waals surface area (Å²) in [7, 11) is 0. The largest absolute Gasteiger partial charge is 4.00 e. The smallest absolute Gasteiger partial charge is 0.509 e. The summed E-state index contributed by atoms with van der Waals surface area (Å²) < 4.78 is 8.93. The molecule has 7 aromatic rings. The van der Waals surface area contributed by atoms with Crippen LogP contribution in [0.3, 0.4) is 0 Å². The van der Waals surface area contributed by atoms with Crippen molar-refractivity contribution in [3.8, 4) is 17.2 Å². The normalized spacial score (nSPS) is 13.6. The van der Waals surface area contributed by atoms with Gasteiger partial charge in [-0.3, -0.25) is 0 Å². The first-order valence-corrected chi connectivity index (χ1v) is 20.2. The molecule has 0 amide bonds. The number of aromatic nitrogens is 1. The molecule has 0 bridgehead atoms. The number of ether oxygens (including phenoxy) is 1. The molecule has 5 heteroatoms. The first-order chi connectivity index (χ1) is 26.8. The SMILES string of the molecule is CC(C)(C)c1cc[c-]c(-n2c3[c-]c(Oc4[c-]c(N5[CH-]N(c6cc(C(C)(C)C)cc(C(C)(C)C)c6)c6ccccc65)ccc4)ccc3c3cc(C(C)(C)C)ccc32)c1.[Pt+4]. The summed E-state index contributed by atoms with van der Waals surface area (Å²) in [6.45, 7) is 29.4. The van der Waals surface area contributed by atoms with Crippen LogP contribution in [0.1, 0.15) is 105 Å². The van der Waals surface area contributed by atoms with Crippen LogP contribution in [0.2, 0.25) is 0 Å². The zero-order chi connectivity index (χ0) is 40.7. The van der Waals surface area contributed by atoms with Crippen LogP contribution in [-0.4, -0.2) is 4.57 Å². The Bertz CT molecular complexity index is 2610. The summed E-state index contributed by atoms with van der Waals surface area (Å²) in [6.07, 6.45) is 0. The third kappa shape index (κ3) is 7.85. The number of hydrogen-bond donors (Lipinski definition) is 0. The molecule has 6 aromatic carbocycles. The minimum atomic E-state index is -0.00298. The third-order valence-electron chi connectivity index (χ3n) is 11.2. The zero-order valence-corrected chi connectivity index (χ0v) is 38.3. The first kappa shape index (κ1) is 41.4. The number of benzene rings is 6. The molecular formula is C53H55N3OPt. The van der Waals surface area contributed by atoms with E-state index in [9.17, 15) is 0 Å². The van der Waals surface area contributed by atoms with Gasteiger partial charge in [-0.15, -0.1) is 54.1 Å². The summed E-state index contributed by atoms with van der Waals surface area (Å²) in [5.74, 6) is 1.25. The fourth-order valence-electron chi connectivity index (χ4n) is 7.63. The Morgan fingerprint density at radius 3 is 1.74 bits per heavy atom. The van der Waals surface area contributed by atoms with Gasteiger partial charge in [0.05, 0.1) is 0 Å². The summed E-state index contributed by atoms with van der Waals surface area (Å²) in [6, 6.07) is 50.0. The maximum absolute atomic E-state index is 6.65. The van der Waals surface area contributed by atoms with Gasteiger partial charge in [-0.1, -0.05) is 125 Å². The van der Waals surface area contributed by atoms with Crippen molar-refractivity contribution < 1.29 is 25.8 Å². The van der Waals surface area contributed by atoms with Crippen LogP contribution >= 0.6 is 0 Å². The second kappa shape index (κ2) is 14.8. The number of fused-ring (bicyclic) bond motifs is 4. The van der Waals surface area contributed by atoms with Crippen LogP contribution in [0.25, 0.3) is 27.5 Å². The minimum absolute atomic E-state index is 0. The van der Waals surface area contributed by atoms with Crippen molar-refractivity contribution in [3.63, 3.8) is 0 Å². The van der Waals surface area contributed by atoms with Gasteiger partial charge >= 0.3 is 21.1 Å². The Kier molecular flexibility index (Phi) is 10.6. The molecule has 0 spiro atoms. The Balaban J connectivity index is 0.00000512. The summed E-state index contributed by atoms with van der Waals surface area (Å²) >= 11 is 0. The van der Waals surface area contributed by atoms with Crippen molar-refractivity contribution >= 4 is 44.6 Å². The first-order valence-electron chi connectivity index (χ1n) is 20.2. The number of hydrogen-bond acceptors (Lipinski definition) is 3. The molecule has 8 rings (SSSR count). The van der Waals surface area contributed by atoms with Crippen molar-refractivity contribution in [1.29, 1.82) is 0 Å². The molecule has 0 radical (unpaired) electrons. The molecule has 0 fully saturated rings. The van der Waals surface area contributed by atoms with E-state index in [0.29, 0.717) is 11.5 Å². The molecule has 2 heterocycles. The predicted octanol–water partition coefficient (Wildman–Crippen LogP) is 14.6. The van der Waals surface area contributed by atoms with Crippen LogP contribution in [-0.2, 0) is 42.7 Å². The summed E-state index contributed by atoms with van der Waals surface area (Å²) in [5.41, 5.74) is 12.5. The van der Waals surface area contributed by atoms with E-state index < -0.39 is 0 Å². The maximum Gasteiger partial charge on any atom is 4.00 e. The van der Waals surface area contributed by atoms with Crippen molar-refractivity contribution in [1.82, 2.24) is 4.57 Å². The zero-order valence-electron chi connectivity index (χ0n) is 36.0. The van der Waals surface area contributed by atoms with Crippen molar-refractivity contribution in [2.24, 2.45) is 0 Å². The van der Waals surface area contributed by atoms with Gasteiger partial charge in [-0.05, 0) is 74.1 Å². The molecule has 4 nitrogen and oxygen atoms in total. The molecule has 1 aliphatic rings. The van der Waals surface area contributed by atoms with E-state index in [0.717, 1.165) is 44.9 Å². The number of rotatable bonds is 5. The van der Waals surface area contributed by atoms with E-state index in [1.807, 2.05) is 24.3 Å². The van der Waals surface area contributed by atoms with Crippen LogP contribution in [0.4, 0.5) is 22.7 Å². The second-order valence-corrected chi connectivity index (χ2v) is 19.7. The molecule has 58 heavy (non-hydrogen) atoms. The van der Waals surface area contributed by atoms with Gasteiger partial charge in [0.25, 0.3) is 0 Å². The molecule has 1 aromatic heterocycles. The second-order valence-electron chi connectivity index (χ2n) is 19.7. The summed E-state index contributed by atoms with van der Waals surface area (Å²) in [5, 5.41) is 2.32. The topological polar surface area (TPSA) is 20.6 Å². The Labute approximate surface area is 361 Å². The van der Waals surface area contributed by atoms with Crippen molar-refractivity contribution in [2.45, 2.75) is 105 Å². The quantitative estimate of drug-likeness (QED) is 0.160. The van der Waals surface area contributed by atoms with Gasteiger partial charge in [0.1, 0.15) is 0 Å². The van der Waals surface area contributed by atoms with Crippen LogP contribution < -0.4 is 14.5 Å². The van der Waals surface area contributed by atoms with Crippen LogP contribution in [0.5, 0.6) is 11.5 Å². The van der Waals surface area contributed by atoms with E-state index in [2.05, 4.69) is 207 Å². The molecular weight excluding hydrogens is 890 g/mol. The molecule has 0 aliphatic carbocycles. The average molecular weight is 945 g/mol. The van der Waals surface area contributed by atoms with Crippen molar-refractivity contribution in [2.75, 3.05) is 9.80 Å². The van der Waals surface area contributed by atoms with Gasteiger partial charge in [-0.2, -0.15) is 35.9 Å². The molecule has 0 unspecified atom stereocenters. The Morgan fingerprint density at radius 2 is 1.10 bits per heavy atom. The number of anilines is 4. The molecule has 0 N–H and O–H groups in total. The Morgan fingerprint density at radius 1 is 0.500 bits per heavy atom. The standard InChI is InChI=1S/C53H55N3O.Pt/c1-50(2,3)35-17-15-19-40(28-35)56-46-26-23-36(51(4,5)6)31-45(46)44-25-24-43(33-49(44)56)57-42-20-16-18-39(32-42)54-34-55(48-22-14-13-21-47(48)54)41-29-37(52(7,8)9)27-38(30-41)53(10,11)12;/h13-18,20-31,34H,1-12H3;/q-4;+4. The molecule has 298 valence electrons. The van der Waals surface area contributed by atoms with Gasteiger partial charge < -0.3 is 19.1 Å². The fourth-order valence-corrected chi connectivity index (χ4v) is 7.63. The van der Waals surface area contributed by atoms with E-state index in [4.69, 9.17) is 4.74 Å². The molecule has 1 aliphatic heterocycles. The third-order valence-corrected chi connectivity index (χ3v) is 11.2. The van der Waals surface area contributed by atoms with Gasteiger partial charge in [0.2, 0.25) is 0 Å². The van der Waals surface area contributed by atoms with Gasteiger partial charge in [-0.25, -0.2) is 0 Å². The van der Waals surface area contributed by atoms with Crippen LogP contribution in [0.15, 0.2) is 109 Å². The number of para-hydroxylation sites is 2.